The minimum Gasteiger partial charge on any atom is -0.464 e. The molecule has 1 heterocycles. The molecule has 0 spiro atoms. The zero-order valence-electron chi connectivity index (χ0n) is 12.3. The molecule has 0 aliphatic rings. The average molecular weight is 267 g/mol. The molecule has 5 heteroatoms. The summed E-state index contributed by atoms with van der Waals surface area (Å²) in [5.74, 6) is 1.64. The third-order valence-electron chi connectivity index (χ3n) is 3.03. The number of aryl methyl sites for hydroxylation is 1. The number of hydrogen-bond donors (Lipinski definition) is 1. The molecule has 0 aliphatic heterocycles. The van der Waals surface area contributed by atoms with Crippen LogP contribution in [-0.2, 0) is 11.3 Å². The van der Waals surface area contributed by atoms with Crippen LogP contribution >= 0.6 is 0 Å². The lowest BCUT2D eigenvalue weighted by atomic mass is 10.2. The lowest BCUT2D eigenvalue weighted by Gasteiger charge is -2.26. The van der Waals surface area contributed by atoms with Gasteiger partial charge in [-0.2, -0.15) is 0 Å². The van der Waals surface area contributed by atoms with E-state index in [9.17, 15) is 4.79 Å². The third kappa shape index (κ3) is 5.04. The SMILES string of the molecule is CC[C@@H](N)C(=O)N(CCN(C)C)Cc1ccc(C)o1. The summed E-state index contributed by atoms with van der Waals surface area (Å²) in [4.78, 5) is 16.1. The molecule has 0 saturated heterocycles. The third-order valence-corrected chi connectivity index (χ3v) is 3.03. The van der Waals surface area contributed by atoms with E-state index in [1.807, 2.05) is 45.0 Å². The van der Waals surface area contributed by atoms with Crippen molar-refractivity contribution in [2.45, 2.75) is 32.9 Å². The number of nitrogens with two attached hydrogens (primary N) is 1. The van der Waals surface area contributed by atoms with Gasteiger partial charge in [0.05, 0.1) is 12.6 Å². The molecule has 0 aromatic carbocycles. The van der Waals surface area contributed by atoms with E-state index in [4.69, 9.17) is 10.2 Å². The van der Waals surface area contributed by atoms with Crippen molar-refractivity contribution in [2.75, 3.05) is 27.2 Å². The Morgan fingerprint density at radius 1 is 1.37 bits per heavy atom. The quantitative estimate of drug-likeness (QED) is 0.806. The van der Waals surface area contributed by atoms with Gasteiger partial charge in [-0.15, -0.1) is 0 Å². The first-order valence-electron chi connectivity index (χ1n) is 6.68. The fourth-order valence-electron chi connectivity index (χ4n) is 1.76. The summed E-state index contributed by atoms with van der Waals surface area (Å²) >= 11 is 0. The summed E-state index contributed by atoms with van der Waals surface area (Å²) in [5.41, 5.74) is 5.85. The average Bonchev–Trinajstić information content (AvgIpc) is 2.77. The standard InChI is InChI=1S/C14H25N3O2/c1-5-13(15)14(18)17(9-8-16(3)4)10-12-7-6-11(2)19-12/h6-7,13H,5,8-10,15H2,1-4H3/t13-/m1/s1. The van der Waals surface area contributed by atoms with Crippen LogP contribution in [0.1, 0.15) is 24.9 Å². The van der Waals surface area contributed by atoms with Crippen LogP contribution in [0.2, 0.25) is 0 Å². The van der Waals surface area contributed by atoms with Crippen molar-refractivity contribution >= 4 is 5.91 Å². The van der Waals surface area contributed by atoms with E-state index in [2.05, 4.69) is 0 Å². The van der Waals surface area contributed by atoms with E-state index in [-0.39, 0.29) is 5.91 Å². The fourth-order valence-corrected chi connectivity index (χ4v) is 1.76. The number of rotatable bonds is 7. The Bertz CT molecular complexity index is 401. The highest BCUT2D eigenvalue weighted by atomic mass is 16.3. The summed E-state index contributed by atoms with van der Waals surface area (Å²) in [7, 11) is 3.97. The molecule has 108 valence electrons. The van der Waals surface area contributed by atoms with E-state index < -0.39 is 6.04 Å². The summed E-state index contributed by atoms with van der Waals surface area (Å²) in [6.45, 7) is 5.76. The molecule has 1 aromatic heterocycles. The van der Waals surface area contributed by atoms with Crippen LogP contribution in [-0.4, -0.2) is 48.9 Å². The first-order chi connectivity index (χ1) is 8.93. The Kier molecular flexibility index (Phi) is 6.05. The van der Waals surface area contributed by atoms with Gasteiger partial charge in [0.25, 0.3) is 0 Å². The highest BCUT2D eigenvalue weighted by Gasteiger charge is 2.20. The Morgan fingerprint density at radius 2 is 2.05 bits per heavy atom. The minimum absolute atomic E-state index is 0.0154. The smallest absolute Gasteiger partial charge is 0.239 e. The van der Waals surface area contributed by atoms with Gasteiger partial charge in [-0.1, -0.05) is 6.92 Å². The molecule has 1 amide bonds. The normalized spacial score (nSPS) is 12.7. The number of amides is 1. The molecule has 19 heavy (non-hydrogen) atoms. The van der Waals surface area contributed by atoms with E-state index in [1.165, 1.54) is 0 Å². The van der Waals surface area contributed by atoms with Gasteiger partial charge in [-0.3, -0.25) is 4.79 Å². The molecule has 1 atom stereocenters. The number of nitrogens with zero attached hydrogens (tertiary/aromatic N) is 2. The molecule has 0 unspecified atom stereocenters. The maximum atomic E-state index is 12.2. The van der Waals surface area contributed by atoms with Gasteiger partial charge < -0.3 is 20.0 Å². The topological polar surface area (TPSA) is 62.7 Å². The first-order valence-corrected chi connectivity index (χ1v) is 6.68. The van der Waals surface area contributed by atoms with Crippen LogP contribution in [0, 0.1) is 6.92 Å². The van der Waals surface area contributed by atoms with Crippen molar-refractivity contribution in [1.82, 2.24) is 9.80 Å². The fraction of sp³-hybridized carbons (Fsp3) is 0.643. The molecule has 0 bridgehead atoms. The molecular weight excluding hydrogens is 242 g/mol. The maximum absolute atomic E-state index is 12.2. The zero-order valence-corrected chi connectivity index (χ0v) is 12.3. The van der Waals surface area contributed by atoms with Crippen LogP contribution in [0.5, 0.6) is 0 Å². The van der Waals surface area contributed by atoms with Crippen molar-refractivity contribution < 1.29 is 9.21 Å². The molecule has 1 rings (SSSR count). The molecule has 0 fully saturated rings. The van der Waals surface area contributed by atoms with Crippen LogP contribution in [0.15, 0.2) is 16.5 Å². The van der Waals surface area contributed by atoms with Crippen LogP contribution in [0.4, 0.5) is 0 Å². The van der Waals surface area contributed by atoms with Gasteiger partial charge in [0, 0.05) is 13.1 Å². The van der Waals surface area contributed by atoms with Crippen molar-refractivity contribution in [2.24, 2.45) is 5.73 Å². The van der Waals surface area contributed by atoms with Crippen molar-refractivity contribution in [3.63, 3.8) is 0 Å². The first kappa shape index (κ1) is 15.7. The second-order valence-electron chi connectivity index (χ2n) is 5.09. The minimum atomic E-state index is -0.432. The monoisotopic (exact) mass is 267 g/mol. The molecule has 1 aromatic rings. The summed E-state index contributed by atoms with van der Waals surface area (Å²) in [6, 6.07) is 3.38. The Hall–Kier alpha value is -1.33. The van der Waals surface area contributed by atoms with Gasteiger partial charge in [0.2, 0.25) is 5.91 Å². The van der Waals surface area contributed by atoms with Gasteiger partial charge in [-0.05, 0) is 39.6 Å². The zero-order chi connectivity index (χ0) is 14.4. The predicted octanol–water partition coefficient (Wildman–Crippen LogP) is 1.22. The van der Waals surface area contributed by atoms with Gasteiger partial charge in [0.1, 0.15) is 11.5 Å². The number of furan rings is 1. The van der Waals surface area contributed by atoms with E-state index in [0.717, 1.165) is 18.1 Å². The molecule has 0 aliphatic carbocycles. The van der Waals surface area contributed by atoms with Crippen molar-refractivity contribution in [3.8, 4) is 0 Å². The largest absolute Gasteiger partial charge is 0.464 e. The van der Waals surface area contributed by atoms with Crippen molar-refractivity contribution in [1.29, 1.82) is 0 Å². The number of hydrogen-bond acceptors (Lipinski definition) is 4. The molecule has 2 N–H and O–H groups in total. The Morgan fingerprint density at radius 3 is 2.53 bits per heavy atom. The second kappa shape index (κ2) is 7.31. The lowest BCUT2D eigenvalue weighted by Crippen LogP contribution is -2.45. The lowest BCUT2D eigenvalue weighted by molar-refractivity contribution is -0.133. The predicted molar refractivity (Wildman–Crippen MR) is 75.7 cm³/mol. The van der Waals surface area contributed by atoms with Crippen molar-refractivity contribution in [3.05, 3.63) is 23.7 Å². The van der Waals surface area contributed by atoms with Crippen LogP contribution < -0.4 is 5.73 Å². The maximum Gasteiger partial charge on any atom is 0.239 e. The second-order valence-corrected chi connectivity index (χ2v) is 5.09. The van der Waals surface area contributed by atoms with E-state index in [1.54, 1.807) is 4.90 Å². The molecule has 0 radical (unpaired) electrons. The van der Waals surface area contributed by atoms with E-state index in [0.29, 0.717) is 19.5 Å². The Balaban J connectivity index is 2.70. The summed E-state index contributed by atoms with van der Waals surface area (Å²) in [5, 5.41) is 0. The van der Waals surface area contributed by atoms with Gasteiger partial charge in [-0.25, -0.2) is 0 Å². The van der Waals surface area contributed by atoms with Gasteiger partial charge >= 0.3 is 0 Å². The number of carbonyl (C=O) groups is 1. The molecular formula is C14H25N3O2. The van der Waals surface area contributed by atoms with Gasteiger partial charge in [0.15, 0.2) is 0 Å². The summed E-state index contributed by atoms with van der Waals surface area (Å²) < 4.78 is 5.54. The highest BCUT2D eigenvalue weighted by Crippen LogP contribution is 2.11. The van der Waals surface area contributed by atoms with E-state index >= 15 is 0 Å². The molecule has 0 saturated carbocycles. The van der Waals surface area contributed by atoms with Crippen LogP contribution in [0.25, 0.3) is 0 Å². The number of likely N-dealkylation sites (N-methyl/N-ethyl adjacent to an activating group) is 1. The highest BCUT2D eigenvalue weighted by molar-refractivity contribution is 5.81. The Labute approximate surface area is 115 Å². The summed E-state index contributed by atoms with van der Waals surface area (Å²) in [6.07, 6.45) is 0.647. The molecule has 5 nitrogen and oxygen atoms in total. The number of carbonyl (C=O) groups excluding carboxylic acids is 1. The van der Waals surface area contributed by atoms with Crippen LogP contribution in [0.3, 0.4) is 0 Å².